The molecule has 1 aliphatic rings. The predicted molar refractivity (Wildman–Crippen MR) is 130 cm³/mol. The van der Waals surface area contributed by atoms with Gasteiger partial charge in [-0.3, -0.25) is 4.79 Å². The van der Waals surface area contributed by atoms with Crippen LogP contribution >= 0.6 is 0 Å². The highest BCUT2D eigenvalue weighted by Crippen LogP contribution is 2.36. The molecule has 4 aromatic carbocycles. The Bertz CT molecular complexity index is 1340. The van der Waals surface area contributed by atoms with Gasteiger partial charge in [0.25, 0.3) is 0 Å². The van der Waals surface area contributed by atoms with Gasteiger partial charge in [-0.15, -0.1) is 0 Å². The van der Waals surface area contributed by atoms with Gasteiger partial charge in [-0.1, -0.05) is 97.6 Å². The van der Waals surface area contributed by atoms with Crippen molar-refractivity contribution in [2.45, 2.75) is 6.54 Å². The topological polar surface area (TPSA) is 38.3 Å². The van der Waals surface area contributed by atoms with E-state index in [-0.39, 0.29) is 12.4 Å². The zero-order valence-electron chi connectivity index (χ0n) is 17.7. The number of Topliss-reactive ketones (excluding diaryl/α,β-unsaturated/α-hetero) is 1. The van der Waals surface area contributed by atoms with E-state index in [2.05, 4.69) is 24.0 Å². The average Bonchev–Trinajstić information content (AvgIpc) is 2.97. The Balaban J connectivity index is 1.69. The van der Waals surface area contributed by atoms with Crippen molar-refractivity contribution in [3.05, 3.63) is 131 Å². The molecule has 4 aromatic rings. The minimum absolute atomic E-state index is 0.0706. The van der Waals surface area contributed by atoms with Crippen LogP contribution in [0.5, 0.6) is 5.75 Å². The second kappa shape index (κ2) is 8.56. The van der Waals surface area contributed by atoms with Gasteiger partial charge < -0.3 is 10.1 Å². The van der Waals surface area contributed by atoms with E-state index in [1.165, 1.54) is 0 Å². The van der Waals surface area contributed by atoms with E-state index >= 15 is 0 Å². The summed E-state index contributed by atoms with van der Waals surface area (Å²) in [5.74, 6) is 0.527. The molecule has 0 spiro atoms. The number of carbonyl (C=O) groups excluding carboxylic acids is 1. The van der Waals surface area contributed by atoms with Gasteiger partial charge in [0.15, 0.2) is 5.78 Å². The zero-order valence-corrected chi connectivity index (χ0v) is 17.7. The van der Waals surface area contributed by atoms with Crippen LogP contribution in [0.1, 0.15) is 21.5 Å². The first-order chi connectivity index (χ1) is 15.7. The minimum atomic E-state index is -0.0706. The molecule has 3 heteroatoms. The zero-order chi connectivity index (χ0) is 21.9. The highest BCUT2D eigenvalue weighted by Gasteiger charge is 2.29. The smallest absolute Gasteiger partial charge is 0.199 e. The number of ether oxygens (including phenoxy) is 1. The summed E-state index contributed by atoms with van der Waals surface area (Å²) in [7, 11) is 0. The van der Waals surface area contributed by atoms with Crippen molar-refractivity contribution in [2.75, 3.05) is 6.61 Å². The largest absolute Gasteiger partial charge is 0.488 e. The van der Waals surface area contributed by atoms with Crippen LogP contribution in [0.25, 0.3) is 16.5 Å². The van der Waals surface area contributed by atoms with Crippen LogP contribution < -0.4 is 10.1 Å². The van der Waals surface area contributed by atoms with Gasteiger partial charge in [0.2, 0.25) is 0 Å². The molecule has 0 aromatic heterocycles. The van der Waals surface area contributed by atoms with Crippen molar-refractivity contribution in [2.24, 2.45) is 0 Å². The third-order valence-corrected chi connectivity index (χ3v) is 5.72. The summed E-state index contributed by atoms with van der Waals surface area (Å²) in [6.07, 6.45) is 0. The first kappa shape index (κ1) is 19.8. The average molecular weight is 418 g/mol. The maximum Gasteiger partial charge on any atom is 0.199 e. The lowest BCUT2D eigenvalue weighted by atomic mass is 9.91. The van der Waals surface area contributed by atoms with Crippen LogP contribution in [0, 0.1) is 0 Å². The Morgan fingerprint density at radius 2 is 1.53 bits per heavy atom. The van der Waals surface area contributed by atoms with E-state index in [0.29, 0.717) is 29.0 Å². The number of hydrogen-bond donors (Lipinski definition) is 1. The number of fused-ring (bicyclic) bond motifs is 3. The summed E-state index contributed by atoms with van der Waals surface area (Å²) in [5.41, 5.74) is 4.67. The van der Waals surface area contributed by atoms with Gasteiger partial charge >= 0.3 is 0 Å². The monoisotopic (exact) mass is 417 g/mol. The highest BCUT2D eigenvalue weighted by atomic mass is 16.5. The number of carbonyl (C=O) groups is 1. The summed E-state index contributed by atoms with van der Waals surface area (Å²) in [5, 5.41) is 5.43. The molecule has 1 N–H and O–H groups in total. The molecule has 0 atom stereocenters. The molecule has 0 bridgehead atoms. The standard InChI is InChI=1S/C29H23NO2/c1-20-19-32-25-17-16-22-12-8-9-15-24(22)27(25)29(31)26(20)28(23-13-6-3-7-14-23)30-18-21-10-4-2-5-11-21/h2-17,30H,1,18-19H2/b28-26-. The number of hydrogen-bond acceptors (Lipinski definition) is 3. The van der Waals surface area contributed by atoms with Crippen LogP contribution in [0.4, 0.5) is 0 Å². The van der Waals surface area contributed by atoms with E-state index < -0.39 is 0 Å². The first-order valence-electron chi connectivity index (χ1n) is 10.7. The van der Waals surface area contributed by atoms with Crippen LogP contribution in [-0.2, 0) is 6.54 Å². The lowest BCUT2D eigenvalue weighted by Crippen LogP contribution is -2.19. The Hall–Kier alpha value is -4.11. The lowest BCUT2D eigenvalue weighted by Gasteiger charge is -2.17. The first-order valence-corrected chi connectivity index (χ1v) is 10.7. The number of rotatable bonds is 4. The van der Waals surface area contributed by atoms with Gasteiger partial charge in [-0.2, -0.15) is 0 Å². The molecule has 1 heterocycles. The molecule has 0 saturated carbocycles. The number of benzene rings is 4. The van der Waals surface area contributed by atoms with E-state index in [0.717, 1.165) is 27.6 Å². The molecule has 0 aliphatic carbocycles. The quantitative estimate of drug-likeness (QED) is 0.404. The molecule has 0 radical (unpaired) electrons. The molecular weight excluding hydrogens is 394 g/mol. The van der Waals surface area contributed by atoms with Crippen molar-refractivity contribution >= 4 is 22.3 Å². The summed E-state index contributed by atoms with van der Waals surface area (Å²) >= 11 is 0. The fourth-order valence-corrected chi connectivity index (χ4v) is 4.14. The molecule has 32 heavy (non-hydrogen) atoms. The molecule has 1 aliphatic heterocycles. The van der Waals surface area contributed by atoms with Crippen molar-refractivity contribution in [1.29, 1.82) is 0 Å². The van der Waals surface area contributed by atoms with Crippen LogP contribution in [-0.4, -0.2) is 12.4 Å². The van der Waals surface area contributed by atoms with Gasteiger partial charge in [0.1, 0.15) is 12.4 Å². The Morgan fingerprint density at radius 3 is 2.31 bits per heavy atom. The molecule has 156 valence electrons. The van der Waals surface area contributed by atoms with E-state index in [9.17, 15) is 4.79 Å². The normalized spacial score (nSPS) is 15.0. The SMILES string of the molecule is C=C1COc2ccc3ccccc3c2C(=O)/C1=C(\NCc1ccccc1)c1ccccc1. The van der Waals surface area contributed by atoms with E-state index in [4.69, 9.17) is 4.74 Å². The van der Waals surface area contributed by atoms with Gasteiger partial charge in [-0.25, -0.2) is 0 Å². The van der Waals surface area contributed by atoms with Crippen molar-refractivity contribution < 1.29 is 9.53 Å². The van der Waals surface area contributed by atoms with E-state index in [1.807, 2.05) is 84.9 Å². The van der Waals surface area contributed by atoms with Gasteiger partial charge in [-0.05, 0) is 33.5 Å². The van der Waals surface area contributed by atoms with Crippen LogP contribution in [0.3, 0.4) is 0 Å². The number of nitrogens with one attached hydrogen (secondary N) is 1. The van der Waals surface area contributed by atoms with Crippen molar-refractivity contribution in [1.82, 2.24) is 5.32 Å². The Labute approximate surface area is 187 Å². The maximum atomic E-state index is 14.0. The van der Waals surface area contributed by atoms with Crippen molar-refractivity contribution in [3.8, 4) is 5.75 Å². The van der Waals surface area contributed by atoms with Crippen LogP contribution in [0.15, 0.2) is 115 Å². The highest BCUT2D eigenvalue weighted by molar-refractivity contribution is 6.23. The summed E-state index contributed by atoms with van der Waals surface area (Å²) < 4.78 is 6.04. The summed E-state index contributed by atoms with van der Waals surface area (Å²) in [4.78, 5) is 14.0. The molecule has 0 saturated heterocycles. The summed E-state index contributed by atoms with van der Waals surface area (Å²) in [6, 6.07) is 31.9. The second-order valence-electron chi connectivity index (χ2n) is 7.84. The Morgan fingerprint density at radius 1 is 0.844 bits per heavy atom. The van der Waals surface area contributed by atoms with E-state index in [1.54, 1.807) is 0 Å². The fraction of sp³-hybridized carbons (Fsp3) is 0.0690. The van der Waals surface area contributed by atoms with Gasteiger partial charge in [0.05, 0.1) is 16.8 Å². The van der Waals surface area contributed by atoms with Crippen LogP contribution in [0.2, 0.25) is 0 Å². The second-order valence-corrected chi connectivity index (χ2v) is 7.84. The Kier molecular flexibility index (Phi) is 5.30. The lowest BCUT2D eigenvalue weighted by molar-refractivity contribution is 0.103. The maximum absolute atomic E-state index is 14.0. The number of ketones is 1. The molecule has 0 unspecified atom stereocenters. The molecule has 5 rings (SSSR count). The third kappa shape index (κ3) is 3.69. The van der Waals surface area contributed by atoms with Crippen molar-refractivity contribution in [3.63, 3.8) is 0 Å². The fourth-order valence-electron chi connectivity index (χ4n) is 4.14. The predicted octanol–water partition coefficient (Wildman–Crippen LogP) is 6.17. The minimum Gasteiger partial charge on any atom is -0.488 e. The third-order valence-electron chi connectivity index (χ3n) is 5.72. The summed E-state index contributed by atoms with van der Waals surface area (Å²) in [6.45, 7) is 5.08. The molecule has 0 amide bonds. The molecule has 3 nitrogen and oxygen atoms in total. The van der Waals surface area contributed by atoms with Gasteiger partial charge in [0, 0.05) is 6.54 Å². The molecular formula is C29H23NO2. The molecule has 0 fully saturated rings.